The molecule has 0 bridgehead atoms. The van der Waals surface area contributed by atoms with Crippen LogP contribution in [0, 0.1) is 0 Å². The summed E-state index contributed by atoms with van der Waals surface area (Å²) in [5.74, 6) is 0.787. The molecule has 2 fully saturated rings. The highest BCUT2D eigenvalue weighted by Gasteiger charge is 2.29. The van der Waals surface area contributed by atoms with E-state index >= 15 is 0 Å². The lowest BCUT2D eigenvalue weighted by atomic mass is 9.98. The van der Waals surface area contributed by atoms with E-state index in [4.69, 9.17) is 0 Å². The summed E-state index contributed by atoms with van der Waals surface area (Å²) in [4.78, 5) is 2.78. The van der Waals surface area contributed by atoms with Crippen LogP contribution in [0.25, 0.3) is 0 Å². The van der Waals surface area contributed by atoms with Crippen molar-refractivity contribution in [2.24, 2.45) is 0 Å². The Kier molecular flexibility index (Phi) is 3.99. The molecule has 0 N–H and O–H groups in total. The van der Waals surface area contributed by atoms with Gasteiger partial charge in [0.2, 0.25) is 0 Å². The van der Waals surface area contributed by atoms with Gasteiger partial charge in [-0.3, -0.25) is 4.90 Å². The Morgan fingerprint density at radius 1 is 0.833 bits per heavy atom. The zero-order valence-corrected chi connectivity index (χ0v) is 11.4. The van der Waals surface area contributed by atoms with Gasteiger partial charge in [-0.2, -0.15) is 0 Å². The van der Waals surface area contributed by atoms with E-state index in [0.717, 1.165) is 12.0 Å². The Balaban J connectivity index is 1.61. The predicted octanol–water partition coefficient (Wildman–Crippen LogP) is 4.20. The highest BCUT2D eigenvalue weighted by molar-refractivity contribution is 5.21. The second-order valence-electron chi connectivity index (χ2n) is 6.04. The van der Waals surface area contributed by atoms with E-state index in [9.17, 15) is 0 Å². The lowest BCUT2D eigenvalue weighted by molar-refractivity contribution is 0.218. The molecule has 1 aromatic rings. The van der Waals surface area contributed by atoms with E-state index in [0.29, 0.717) is 0 Å². The summed E-state index contributed by atoms with van der Waals surface area (Å²) in [6.07, 6.45) is 10.1. The Hall–Kier alpha value is -0.820. The molecule has 1 aromatic carbocycles. The fourth-order valence-electron chi connectivity index (χ4n) is 3.74. The first-order valence-corrected chi connectivity index (χ1v) is 7.72. The molecule has 0 unspecified atom stereocenters. The van der Waals surface area contributed by atoms with Crippen molar-refractivity contribution < 1.29 is 0 Å². The molecule has 0 aromatic heterocycles. The van der Waals surface area contributed by atoms with Crippen LogP contribution in [-0.4, -0.2) is 24.0 Å². The van der Waals surface area contributed by atoms with E-state index in [1.54, 1.807) is 5.56 Å². The maximum absolute atomic E-state index is 2.78. The molecule has 1 saturated carbocycles. The van der Waals surface area contributed by atoms with Gasteiger partial charge in [0, 0.05) is 12.6 Å². The second kappa shape index (κ2) is 5.88. The zero-order chi connectivity index (χ0) is 12.2. The molecule has 1 aliphatic heterocycles. The smallest absolute Gasteiger partial charge is 0.00955 e. The molecule has 1 aliphatic carbocycles. The number of benzene rings is 1. The molecule has 0 spiro atoms. The summed E-state index contributed by atoms with van der Waals surface area (Å²) in [7, 11) is 0. The van der Waals surface area contributed by atoms with Crippen molar-refractivity contribution in [3.8, 4) is 0 Å². The number of hydrogen-bond donors (Lipinski definition) is 0. The van der Waals surface area contributed by atoms with Gasteiger partial charge < -0.3 is 0 Å². The first-order valence-electron chi connectivity index (χ1n) is 7.72. The Bertz CT molecular complexity index is 351. The fraction of sp³-hybridized carbons (Fsp3) is 0.647. The first kappa shape index (κ1) is 12.2. The van der Waals surface area contributed by atoms with Crippen LogP contribution in [0.1, 0.15) is 56.4 Å². The highest BCUT2D eigenvalue weighted by atomic mass is 15.2. The molecular weight excluding hydrogens is 218 g/mol. The van der Waals surface area contributed by atoms with Gasteiger partial charge in [0.25, 0.3) is 0 Å². The Morgan fingerprint density at radius 3 is 2.28 bits per heavy atom. The molecule has 1 nitrogen and oxygen atoms in total. The molecule has 1 atom stereocenters. The van der Waals surface area contributed by atoms with Crippen LogP contribution in [0.2, 0.25) is 0 Å². The van der Waals surface area contributed by atoms with Gasteiger partial charge >= 0.3 is 0 Å². The third kappa shape index (κ3) is 2.77. The maximum atomic E-state index is 2.78. The Labute approximate surface area is 111 Å². The minimum atomic E-state index is 0.787. The second-order valence-corrected chi connectivity index (χ2v) is 6.04. The van der Waals surface area contributed by atoms with Crippen molar-refractivity contribution in [2.45, 2.75) is 56.9 Å². The van der Waals surface area contributed by atoms with Crippen LogP contribution < -0.4 is 0 Å². The quantitative estimate of drug-likeness (QED) is 0.704. The molecule has 1 heteroatoms. The molecular formula is C17H25N. The van der Waals surface area contributed by atoms with Crippen LogP contribution in [0.4, 0.5) is 0 Å². The van der Waals surface area contributed by atoms with Crippen LogP contribution in [0.5, 0.6) is 0 Å². The Morgan fingerprint density at radius 2 is 1.56 bits per heavy atom. The monoisotopic (exact) mass is 243 g/mol. The highest BCUT2D eigenvalue weighted by Crippen LogP contribution is 2.31. The van der Waals surface area contributed by atoms with Crippen LogP contribution in [-0.2, 0) is 0 Å². The summed E-state index contributed by atoms with van der Waals surface area (Å²) in [6.45, 7) is 2.62. The molecule has 98 valence electrons. The van der Waals surface area contributed by atoms with E-state index in [1.165, 1.54) is 58.0 Å². The van der Waals surface area contributed by atoms with Crippen molar-refractivity contribution >= 4 is 0 Å². The van der Waals surface area contributed by atoms with Crippen molar-refractivity contribution in [1.82, 2.24) is 4.90 Å². The fourth-order valence-corrected chi connectivity index (χ4v) is 3.74. The minimum Gasteiger partial charge on any atom is -0.300 e. The number of hydrogen-bond acceptors (Lipinski definition) is 1. The molecule has 2 aliphatic rings. The van der Waals surface area contributed by atoms with E-state index in [1.807, 2.05) is 0 Å². The van der Waals surface area contributed by atoms with Crippen molar-refractivity contribution in [3.63, 3.8) is 0 Å². The van der Waals surface area contributed by atoms with E-state index in [-0.39, 0.29) is 0 Å². The van der Waals surface area contributed by atoms with Gasteiger partial charge in [-0.1, -0.05) is 56.0 Å². The summed E-state index contributed by atoms with van der Waals surface area (Å²) >= 11 is 0. The average Bonchev–Trinajstić information content (AvgIpc) is 2.76. The van der Waals surface area contributed by atoms with Crippen LogP contribution >= 0.6 is 0 Å². The molecule has 0 amide bonds. The van der Waals surface area contributed by atoms with Crippen molar-refractivity contribution in [1.29, 1.82) is 0 Å². The third-order valence-corrected chi connectivity index (χ3v) is 4.83. The van der Waals surface area contributed by atoms with E-state index < -0.39 is 0 Å². The van der Waals surface area contributed by atoms with Gasteiger partial charge in [0.1, 0.15) is 0 Å². The zero-order valence-electron chi connectivity index (χ0n) is 11.4. The number of nitrogens with zero attached hydrogens (tertiary/aromatic N) is 1. The van der Waals surface area contributed by atoms with E-state index in [2.05, 4.69) is 35.2 Å². The third-order valence-electron chi connectivity index (χ3n) is 4.83. The van der Waals surface area contributed by atoms with Gasteiger partial charge in [-0.05, 0) is 37.3 Å². The predicted molar refractivity (Wildman–Crippen MR) is 76.9 cm³/mol. The normalized spacial score (nSPS) is 27.2. The number of likely N-dealkylation sites (tertiary alicyclic amines) is 1. The summed E-state index contributed by atoms with van der Waals surface area (Å²) in [5, 5.41) is 0. The van der Waals surface area contributed by atoms with Crippen LogP contribution in [0.3, 0.4) is 0 Å². The largest absolute Gasteiger partial charge is 0.300 e. The van der Waals surface area contributed by atoms with Crippen LogP contribution in [0.15, 0.2) is 30.3 Å². The molecule has 0 radical (unpaired) electrons. The van der Waals surface area contributed by atoms with Crippen molar-refractivity contribution in [3.05, 3.63) is 35.9 Å². The van der Waals surface area contributed by atoms with Gasteiger partial charge in [0.05, 0.1) is 0 Å². The molecule has 1 saturated heterocycles. The van der Waals surface area contributed by atoms with Gasteiger partial charge in [0.15, 0.2) is 0 Å². The van der Waals surface area contributed by atoms with Gasteiger partial charge in [-0.15, -0.1) is 0 Å². The standard InChI is InChI=1S/C17H25N/c1-2-7-11-17(10-6-1)18-13-12-16(14-18)15-8-4-3-5-9-15/h3-5,8-9,16-17H,1-2,6-7,10-14H2/t16-/m1/s1. The van der Waals surface area contributed by atoms with Gasteiger partial charge in [-0.25, -0.2) is 0 Å². The molecule has 1 heterocycles. The summed E-state index contributed by atoms with van der Waals surface area (Å²) in [6, 6.07) is 12.0. The minimum absolute atomic E-state index is 0.787. The topological polar surface area (TPSA) is 3.24 Å². The lowest BCUT2D eigenvalue weighted by Crippen LogP contribution is -2.32. The molecule has 18 heavy (non-hydrogen) atoms. The SMILES string of the molecule is c1ccc([C@@H]2CCN(C3CCCCCC3)C2)cc1. The summed E-state index contributed by atoms with van der Waals surface area (Å²) in [5.41, 5.74) is 1.55. The summed E-state index contributed by atoms with van der Waals surface area (Å²) < 4.78 is 0. The molecule has 3 rings (SSSR count). The lowest BCUT2D eigenvalue weighted by Gasteiger charge is -2.26. The maximum Gasteiger partial charge on any atom is 0.00955 e. The first-order chi connectivity index (χ1) is 8.93. The average molecular weight is 243 g/mol. The van der Waals surface area contributed by atoms with Crippen molar-refractivity contribution in [2.75, 3.05) is 13.1 Å². The number of rotatable bonds is 2.